The maximum absolute atomic E-state index is 12.1. The summed E-state index contributed by atoms with van der Waals surface area (Å²) < 4.78 is 0. The molecule has 1 aromatic rings. The molecule has 1 amide bonds. The molecule has 2 unspecified atom stereocenters. The summed E-state index contributed by atoms with van der Waals surface area (Å²) in [7, 11) is 0. The number of piperidine rings is 1. The fraction of sp³-hybridized carbons (Fsp3) is 0.562. The summed E-state index contributed by atoms with van der Waals surface area (Å²) in [4.78, 5) is 12.1. The Morgan fingerprint density at radius 1 is 1.42 bits per heavy atom. The average molecular weight is 260 g/mol. The van der Waals surface area contributed by atoms with Crippen LogP contribution in [0.2, 0.25) is 0 Å². The van der Waals surface area contributed by atoms with E-state index in [1.807, 2.05) is 6.07 Å². The molecule has 19 heavy (non-hydrogen) atoms. The molecule has 0 aromatic heterocycles. The molecule has 0 radical (unpaired) electrons. The van der Waals surface area contributed by atoms with E-state index in [1.54, 1.807) is 0 Å². The van der Waals surface area contributed by atoms with Gasteiger partial charge in [-0.2, -0.15) is 0 Å². The van der Waals surface area contributed by atoms with Crippen molar-refractivity contribution < 1.29 is 4.79 Å². The molecule has 0 aliphatic carbocycles. The van der Waals surface area contributed by atoms with Gasteiger partial charge in [0.05, 0.1) is 0 Å². The fourth-order valence-corrected chi connectivity index (χ4v) is 2.73. The minimum atomic E-state index is 0.188. The van der Waals surface area contributed by atoms with Crippen molar-refractivity contribution in [1.82, 2.24) is 10.6 Å². The highest BCUT2D eigenvalue weighted by molar-refractivity contribution is 5.78. The van der Waals surface area contributed by atoms with Crippen LogP contribution < -0.4 is 10.6 Å². The van der Waals surface area contributed by atoms with Crippen LogP contribution >= 0.6 is 0 Å². The van der Waals surface area contributed by atoms with Gasteiger partial charge in [-0.25, -0.2) is 0 Å². The van der Waals surface area contributed by atoms with E-state index in [0.29, 0.717) is 6.04 Å². The molecule has 0 saturated carbocycles. The molecule has 1 heterocycles. The highest BCUT2D eigenvalue weighted by atomic mass is 16.1. The molecule has 0 spiro atoms. The van der Waals surface area contributed by atoms with Crippen LogP contribution in [0.5, 0.6) is 0 Å². The average Bonchev–Trinajstić information content (AvgIpc) is 2.41. The second-order valence-electron chi connectivity index (χ2n) is 5.54. The second kappa shape index (κ2) is 6.71. The zero-order chi connectivity index (χ0) is 13.7. The second-order valence-corrected chi connectivity index (χ2v) is 5.54. The highest BCUT2D eigenvalue weighted by Gasteiger charge is 2.24. The number of carbonyl (C=O) groups is 1. The predicted octanol–water partition coefficient (Wildman–Crippen LogP) is 2.04. The van der Waals surface area contributed by atoms with Crippen molar-refractivity contribution in [3.63, 3.8) is 0 Å². The summed E-state index contributed by atoms with van der Waals surface area (Å²) in [5.41, 5.74) is 2.62. The van der Waals surface area contributed by atoms with Gasteiger partial charge >= 0.3 is 0 Å². The first-order valence-corrected chi connectivity index (χ1v) is 7.22. The van der Waals surface area contributed by atoms with Crippen molar-refractivity contribution in [3.05, 3.63) is 35.4 Å². The summed E-state index contributed by atoms with van der Waals surface area (Å²) in [5, 5.41) is 6.46. The first kappa shape index (κ1) is 14.1. The van der Waals surface area contributed by atoms with E-state index in [4.69, 9.17) is 0 Å². The minimum Gasteiger partial charge on any atom is -0.356 e. The Balaban J connectivity index is 1.76. The highest BCUT2D eigenvalue weighted by Crippen LogP contribution is 2.16. The van der Waals surface area contributed by atoms with E-state index >= 15 is 0 Å². The number of carbonyl (C=O) groups excluding carboxylic acids is 1. The van der Waals surface area contributed by atoms with Gasteiger partial charge in [0.2, 0.25) is 5.91 Å². The number of hydrogen-bond donors (Lipinski definition) is 2. The Kier molecular flexibility index (Phi) is 4.97. The molecule has 2 atom stereocenters. The van der Waals surface area contributed by atoms with Gasteiger partial charge in [-0.15, -0.1) is 0 Å². The summed E-state index contributed by atoms with van der Waals surface area (Å²) in [5.74, 6) is 0.412. The van der Waals surface area contributed by atoms with Crippen LogP contribution in [0.4, 0.5) is 0 Å². The summed E-state index contributed by atoms with van der Waals surface area (Å²) >= 11 is 0. The molecule has 1 fully saturated rings. The zero-order valence-corrected chi connectivity index (χ0v) is 11.9. The van der Waals surface area contributed by atoms with Gasteiger partial charge < -0.3 is 10.6 Å². The van der Waals surface area contributed by atoms with E-state index in [1.165, 1.54) is 11.1 Å². The molecule has 2 N–H and O–H groups in total. The summed E-state index contributed by atoms with van der Waals surface area (Å²) in [6.07, 6.45) is 2.83. The van der Waals surface area contributed by atoms with Crippen LogP contribution in [0, 0.1) is 12.8 Å². The van der Waals surface area contributed by atoms with Crippen molar-refractivity contribution in [3.8, 4) is 0 Å². The maximum Gasteiger partial charge on any atom is 0.223 e. The third-order valence-electron chi connectivity index (χ3n) is 3.95. The van der Waals surface area contributed by atoms with Gasteiger partial charge in [0.25, 0.3) is 0 Å². The smallest absolute Gasteiger partial charge is 0.223 e. The van der Waals surface area contributed by atoms with E-state index in [2.05, 4.69) is 42.7 Å². The van der Waals surface area contributed by atoms with Crippen LogP contribution in [-0.4, -0.2) is 25.0 Å². The van der Waals surface area contributed by atoms with Gasteiger partial charge in [0.15, 0.2) is 0 Å². The van der Waals surface area contributed by atoms with Gasteiger partial charge in [0, 0.05) is 18.5 Å². The lowest BCUT2D eigenvalue weighted by Crippen LogP contribution is -2.42. The Hall–Kier alpha value is -1.35. The molecule has 3 nitrogen and oxygen atoms in total. The SMILES string of the molecule is Cc1ccccc1CCNC(=O)C1CCNC(C)C1. The standard InChI is InChI=1S/C16H24N2O/c1-12-5-3-4-6-14(12)7-10-18-16(19)15-8-9-17-13(2)11-15/h3-6,13,15,17H,7-11H2,1-2H3,(H,18,19). The first-order valence-electron chi connectivity index (χ1n) is 7.22. The maximum atomic E-state index is 12.1. The normalized spacial score (nSPS) is 23.1. The summed E-state index contributed by atoms with van der Waals surface area (Å²) in [6, 6.07) is 8.81. The van der Waals surface area contributed by atoms with Gasteiger partial charge in [0.1, 0.15) is 0 Å². The Morgan fingerprint density at radius 3 is 2.95 bits per heavy atom. The van der Waals surface area contributed by atoms with Gasteiger partial charge in [-0.3, -0.25) is 4.79 Å². The monoisotopic (exact) mass is 260 g/mol. The number of benzene rings is 1. The number of nitrogens with one attached hydrogen (secondary N) is 2. The molecular formula is C16H24N2O. The molecule has 3 heteroatoms. The molecular weight excluding hydrogens is 236 g/mol. The van der Waals surface area contributed by atoms with Crippen molar-refractivity contribution in [2.24, 2.45) is 5.92 Å². The van der Waals surface area contributed by atoms with Gasteiger partial charge in [-0.05, 0) is 50.8 Å². The van der Waals surface area contributed by atoms with E-state index < -0.39 is 0 Å². The van der Waals surface area contributed by atoms with E-state index in [-0.39, 0.29) is 11.8 Å². The van der Waals surface area contributed by atoms with E-state index in [0.717, 1.165) is 32.4 Å². The predicted molar refractivity (Wildman–Crippen MR) is 78.1 cm³/mol. The van der Waals surface area contributed by atoms with Crippen LogP contribution in [0.25, 0.3) is 0 Å². The topological polar surface area (TPSA) is 41.1 Å². The van der Waals surface area contributed by atoms with Crippen LogP contribution in [0.15, 0.2) is 24.3 Å². The van der Waals surface area contributed by atoms with Crippen molar-refractivity contribution in [2.75, 3.05) is 13.1 Å². The lowest BCUT2D eigenvalue weighted by Gasteiger charge is -2.27. The van der Waals surface area contributed by atoms with Crippen molar-refractivity contribution >= 4 is 5.91 Å². The van der Waals surface area contributed by atoms with Crippen LogP contribution in [0.3, 0.4) is 0 Å². The zero-order valence-electron chi connectivity index (χ0n) is 11.9. The number of rotatable bonds is 4. The Labute approximate surface area is 115 Å². The molecule has 1 aliphatic heterocycles. The fourth-order valence-electron chi connectivity index (χ4n) is 2.73. The summed E-state index contributed by atoms with van der Waals surface area (Å²) in [6.45, 7) is 5.96. The molecule has 1 aliphatic rings. The number of amides is 1. The van der Waals surface area contributed by atoms with Crippen molar-refractivity contribution in [2.45, 2.75) is 39.2 Å². The number of aryl methyl sites for hydroxylation is 1. The minimum absolute atomic E-state index is 0.188. The number of hydrogen-bond acceptors (Lipinski definition) is 2. The molecule has 2 rings (SSSR count). The molecule has 104 valence electrons. The van der Waals surface area contributed by atoms with E-state index in [9.17, 15) is 4.79 Å². The third kappa shape index (κ3) is 4.06. The lowest BCUT2D eigenvalue weighted by molar-refractivity contribution is -0.126. The van der Waals surface area contributed by atoms with Crippen molar-refractivity contribution in [1.29, 1.82) is 0 Å². The van der Waals surface area contributed by atoms with Crippen LogP contribution in [-0.2, 0) is 11.2 Å². The third-order valence-corrected chi connectivity index (χ3v) is 3.95. The van der Waals surface area contributed by atoms with Crippen LogP contribution in [0.1, 0.15) is 30.9 Å². The molecule has 1 saturated heterocycles. The lowest BCUT2D eigenvalue weighted by atomic mass is 9.92. The Morgan fingerprint density at radius 2 is 2.21 bits per heavy atom. The van der Waals surface area contributed by atoms with Gasteiger partial charge in [-0.1, -0.05) is 24.3 Å². The molecule has 1 aromatic carbocycles. The first-order chi connectivity index (χ1) is 9.16. The molecule has 0 bridgehead atoms. The Bertz CT molecular complexity index is 431. The quantitative estimate of drug-likeness (QED) is 0.870. The largest absolute Gasteiger partial charge is 0.356 e.